The zero-order valence-electron chi connectivity index (χ0n) is 8.94. The number of hydrogen-bond acceptors (Lipinski definition) is 4. The van der Waals surface area contributed by atoms with Gasteiger partial charge in [-0.1, -0.05) is 0 Å². The van der Waals surface area contributed by atoms with Gasteiger partial charge in [0, 0.05) is 17.8 Å². The molecule has 2 rings (SSSR count). The van der Waals surface area contributed by atoms with Gasteiger partial charge in [0.15, 0.2) is 5.76 Å². The van der Waals surface area contributed by atoms with Crippen molar-refractivity contribution in [3.05, 3.63) is 28.0 Å². The Labute approximate surface area is 102 Å². The average Bonchev–Trinajstić information content (AvgIpc) is 2.92. The van der Waals surface area contributed by atoms with Crippen LogP contribution in [0.1, 0.15) is 23.4 Å². The molecule has 0 bridgehead atoms. The van der Waals surface area contributed by atoms with Crippen LogP contribution >= 0.6 is 11.6 Å². The second kappa shape index (κ2) is 4.37. The Morgan fingerprint density at radius 1 is 1.59 bits per heavy atom. The summed E-state index contributed by atoms with van der Waals surface area (Å²) in [5, 5.41) is 13.0. The van der Waals surface area contributed by atoms with E-state index in [1.165, 1.54) is 6.07 Å². The number of furan rings is 1. The first-order valence-corrected chi connectivity index (χ1v) is 5.68. The summed E-state index contributed by atoms with van der Waals surface area (Å²) in [7, 11) is 0. The Kier molecular flexibility index (Phi) is 3.06. The Morgan fingerprint density at radius 2 is 2.29 bits per heavy atom. The molecule has 1 heterocycles. The van der Waals surface area contributed by atoms with E-state index >= 15 is 0 Å². The standard InChI is InChI=1S/C10H11ClN2O4/c11-5-10(3-4-10)6-12-9(14)7-1-2-8(17-7)13(15)16/h1-2H,3-6H2,(H,12,14). The fourth-order valence-electron chi connectivity index (χ4n) is 1.44. The summed E-state index contributed by atoms with van der Waals surface area (Å²) in [6.45, 7) is 0.476. The van der Waals surface area contributed by atoms with Crippen molar-refractivity contribution in [3.8, 4) is 0 Å². The van der Waals surface area contributed by atoms with Gasteiger partial charge < -0.3 is 9.73 Å². The highest BCUT2D eigenvalue weighted by molar-refractivity contribution is 6.18. The second-order valence-corrected chi connectivity index (χ2v) is 4.48. The SMILES string of the molecule is O=C(NCC1(CCl)CC1)c1ccc([N+](=O)[O-])o1. The minimum Gasteiger partial charge on any atom is -0.395 e. The molecule has 0 aliphatic heterocycles. The molecule has 1 aromatic heterocycles. The van der Waals surface area contributed by atoms with Crippen LogP contribution in [0, 0.1) is 15.5 Å². The Morgan fingerprint density at radius 3 is 2.76 bits per heavy atom. The fraction of sp³-hybridized carbons (Fsp3) is 0.500. The molecule has 1 aromatic rings. The number of carbonyl (C=O) groups is 1. The number of amides is 1. The average molecular weight is 259 g/mol. The lowest BCUT2D eigenvalue weighted by Gasteiger charge is -2.10. The van der Waals surface area contributed by atoms with Crippen LogP contribution in [0.2, 0.25) is 0 Å². The minimum absolute atomic E-state index is 0.00966. The van der Waals surface area contributed by atoms with Gasteiger partial charge in [0.25, 0.3) is 5.91 Å². The Hall–Kier alpha value is -1.56. The molecule has 6 nitrogen and oxygen atoms in total. The third-order valence-corrected chi connectivity index (χ3v) is 3.43. The van der Waals surface area contributed by atoms with Gasteiger partial charge in [0.05, 0.1) is 6.07 Å². The van der Waals surface area contributed by atoms with Crippen molar-refractivity contribution in [2.45, 2.75) is 12.8 Å². The molecule has 0 radical (unpaired) electrons. The van der Waals surface area contributed by atoms with Crippen molar-refractivity contribution < 1.29 is 14.1 Å². The van der Waals surface area contributed by atoms with E-state index in [0.29, 0.717) is 12.4 Å². The van der Waals surface area contributed by atoms with Crippen LogP contribution in [-0.4, -0.2) is 23.3 Å². The van der Waals surface area contributed by atoms with Crippen LogP contribution in [-0.2, 0) is 0 Å². The first-order chi connectivity index (χ1) is 8.06. The fourth-order valence-corrected chi connectivity index (χ4v) is 1.80. The molecule has 0 aromatic carbocycles. The smallest absolute Gasteiger partial charge is 0.395 e. The van der Waals surface area contributed by atoms with Crippen LogP contribution in [0.5, 0.6) is 0 Å². The minimum atomic E-state index is -0.683. The van der Waals surface area contributed by atoms with Crippen molar-refractivity contribution in [3.63, 3.8) is 0 Å². The van der Waals surface area contributed by atoms with Gasteiger partial charge in [-0.05, 0) is 18.9 Å². The molecule has 7 heteroatoms. The second-order valence-electron chi connectivity index (χ2n) is 4.21. The maximum atomic E-state index is 11.6. The lowest BCUT2D eigenvalue weighted by molar-refractivity contribution is -0.402. The van der Waals surface area contributed by atoms with Crippen molar-refractivity contribution in [2.75, 3.05) is 12.4 Å². The maximum Gasteiger partial charge on any atom is 0.433 e. The number of nitrogens with one attached hydrogen (secondary N) is 1. The summed E-state index contributed by atoms with van der Waals surface area (Å²) >= 11 is 5.77. The van der Waals surface area contributed by atoms with E-state index in [0.717, 1.165) is 18.9 Å². The van der Waals surface area contributed by atoms with Crippen LogP contribution in [0.25, 0.3) is 0 Å². The van der Waals surface area contributed by atoms with Crippen molar-refractivity contribution in [1.29, 1.82) is 0 Å². The number of rotatable bonds is 5. The molecule has 1 aliphatic rings. The van der Waals surface area contributed by atoms with E-state index in [2.05, 4.69) is 5.32 Å². The third kappa shape index (κ3) is 2.58. The van der Waals surface area contributed by atoms with E-state index < -0.39 is 16.7 Å². The summed E-state index contributed by atoms with van der Waals surface area (Å²) in [5.74, 6) is -0.434. The Balaban J connectivity index is 1.93. The predicted octanol–water partition coefficient (Wildman–Crippen LogP) is 1.94. The third-order valence-electron chi connectivity index (χ3n) is 2.86. The first kappa shape index (κ1) is 11.9. The molecule has 17 heavy (non-hydrogen) atoms. The summed E-state index contributed by atoms with van der Waals surface area (Å²) in [5.41, 5.74) is 0.00966. The highest BCUT2D eigenvalue weighted by Gasteiger charge is 2.42. The number of carbonyl (C=O) groups excluding carboxylic acids is 1. The van der Waals surface area contributed by atoms with Gasteiger partial charge in [0.1, 0.15) is 4.92 Å². The zero-order valence-corrected chi connectivity index (χ0v) is 9.70. The van der Waals surface area contributed by atoms with Crippen LogP contribution in [0.3, 0.4) is 0 Å². The highest BCUT2D eigenvalue weighted by Crippen LogP contribution is 2.45. The summed E-state index contributed by atoms with van der Waals surface area (Å²) in [4.78, 5) is 21.3. The predicted molar refractivity (Wildman–Crippen MR) is 60.1 cm³/mol. The first-order valence-electron chi connectivity index (χ1n) is 5.15. The topological polar surface area (TPSA) is 85.4 Å². The number of halogens is 1. The molecule has 92 valence electrons. The number of alkyl halides is 1. The van der Waals surface area contributed by atoms with Gasteiger partial charge in [-0.25, -0.2) is 0 Å². The number of nitro groups is 1. The molecule has 1 amide bonds. The summed E-state index contributed by atoms with van der Waals surface area (Å²) in [6.07, 6.45) is 1.99. The van der Waals surface area contributed by atoms with E-state index in [9.17, 15) is 14.9 Å². The molecule has 1 saturated carbocycles. The largest absolute Gasteiger partial charge is 0.433 e. The van der Waals surface area contributed by atoms with Gasteiger partial charge >= 0.3 is 5.88 Å². The zero-order chi connectivity index (χ0) is 12.5. The number of hydrogen-bond donors (Lipinski definition) is 1. The van der Waals surface area contributed by atoms with Gasteiger partial charge in [-0.3, -0.25) is 14.9 Å². The molecule has 1 fully saturated rings. The van der Waals surface area contributed by atoms with Crippen LogP contribution < -0.4 is 5.32 Å². The van der Waals surface area contributed by atoms with Crippen molar-refractivity contribution >= 4 is 23.4 Å². The van der Waals surface area contributed by atoms with E-state index in [1.54, 1.807) is 0 Å². The molecular formula is C10H11ClN2O4. The normalized spacial score (nSPS) is 16.5. The molecule has 1 aliphatic carbocycles. The van der Waals surface area contributed by atoms with E-state index in [4.69, 9.17) is 16.0 Å². The van der Waals surface area contributed by atoms with E-state index in [1.807, 2.05) is 0 Å². The molecule has 0 saturated heterocycles. The molecule has 0 unspecified atom stereocenters. The molecule has 0 atom stereocenters. The lowest BCUT2D eigenvalue weighted by atomic mass is 10.1. The molecule has 0 spiro atoms. The van der Waals surface area contributed by atoms with Crippen molar-refractivity contribution in [1.82, 2.24) is 5.32 Å². The lowest BCUT2D eigenvalue weighted by Crippen LogP contribution is -2.30. The monoisotopic (exact) mass is 258 g/mol. The van der Waals surface area contributed by atoms with Crippen LogP contribution in [0.15, 0.2) is 16.5 Å². The van der Waals surface area contributed by atoms with Crippen molar-refractivity contribution in [2.24, 2.45) is 5.41 Å². The van der Waals surface area contributed by atoms with Gasteiger partial charge in [-0.2, -0.15) is 0 Å². The van der Waals surface area contributed by atoms with Crippen LogP contribution in [0.4, 0.5) is 5.88 Å². The quantitative estimate of drug-likeness (QED) is 0.497. The summed E-state index contributed by atoms with van der Waals surface area (Å²) in [6, 6.07) is 2.44. The molecular weight excluding hydrogens is 248 g/mol. The van der Waals surface area contributed by atoms with Gasteiger partial charge in [-0.15, -0.1) is 11.6 Å². The van der Waals surface area contributed by atoms with Gasteiger partial charge in [0.2, 0.25) is 0 Å². The summed E-state index contributed by atoms with van der Waals surface area (Å²) < 4.78 is 4.78. The number of nitrogens with zero attached hydrogens (tertiary/aromatic N) is 1. The Bertz CT molecular complexity index is 453. The van der Waals surface area contributed by atoms with E-state index in [-0.39, 0.29) is 11.2 Å². The molecule has 1 N–H and O–H groups in total. The maximum absolute atomic E-state index is 11.6. The highest BCUT2D eigenvalue weighted by atomic mass is 35.5.